The summed E-state index contributed by atoms with van der Waals surface area (Å²) < 4.78 is 25.8. The Bertz CT molecular complexity index is 1080. The Morgan fingerprint density at radius 2 is 1.64 bits per heavy atom. The average Bonchev–Trinajstić information content (AvgIpc) is 2.57. The largest absolute Gasteiger partial charge is 0.504 e. The SMILES string of the molecule is C[C@H](Nc1c(Nc2ccc(Cl)c(S(=O)(=O)N(C)C)c2O)c(=O)c1=O)C(C)(C)C. The van der Waals surface area contributed by atoms with Crippen molar-refractivity contribution in [2.45, 2.75) is 38.6 Å². The molecule has 3 N–H and O–H groups in total. The van der Waals surface area contributed by atoms with E-state index in [1.165, 1.54) is 26.2 Å². The Balaban J connectivity index is 2.48. The minimum absolute atomic E-state index is 0.0353. The van der Waals surface area contributed by atoms with Crippen molar-refractivity contribution < 1.29 is 13.5 Å². The summed E-state index contributed by atoms with van der Waals surface area (Å²) in [4.78, 5) is 23.5. The number of anilines is 3. The Morgan fingerprint density at radius 3 is 2.14 bits per heavy atom. The quantitative estimate of drug-likeness (QED) is 0.477. The van der Waals surface area contributed by atoms with E-state index in [9.17, 15) is 23.1 Å². The first-order chi connectivity index (χ1) is 12.7. The van der Waals surface area contributed by atoms with Gasteiger partial charge in [-0.3, -0.25) is 9.59 Å². The van der Waals surface area contributed by atoms with Gasteiger partial charge in [-0.15, -0.1) is 0 Å². The molecule has 10 heteroatoms. The van der Waals surface area contributed by atoms with Gasteiger partial charge >= 0.3 is 0 Å². The summed E-state index contributed by atoms with van der Waals surface area (Å²) >= 11 is 5.98. The van der Waals surface area contributed by atoms with Gasteiger partial charge in [-0.2, -0.15) is 0 Å². The summed E-state index contributed by atoms with van der Waals surface area (Å²) in [5, 5.41) is 16.0. The number of benzene rings is 1. The fourth-order valence-electron chi connectivity index (χ4n) is 2.29. The van der Waals surface area contributed by atoms with Crippen molar-refractivity contribution in [2.24, 2.45) is 5.41 Å². The van der Waals surface area contributed by atoms with Crippen molar-refractivity contribution in [3.05, 3.63) is 37.6 Å². The third kappa shape index (κ3) is 3.87. The van der Waals surface area contributed by atoms with Crippen molar-refractivity contribution in [3.8, 4) is 5.75 Å². The van der Waals surface area contributed by atoms with Crippen LogP contribution in [0, 0.1) is 5.41 Å². The molecule has 28 heavy (non-hydrogen) atoms. The summed E-state index contributed by atoms with van der Waals surface area (Å²) in [6.07, 6.45) is 0. The van der Waals surface area contributed by atoms with E-state index in [1.54, 1.807) is 0 Å². The lowest BCUT2D eigenvalue weighted by Gasteiger charge is -2.30. The van der Waals surface area contributed by atoms with E-state index in [0.29, 0.717) is 0 Å². The molecule has 0 heterocycles. The standard InChI is InChI=1S/C18H24ClN3O5S/c1-9(18(2,3)4)20-12-13(16(25)15(12)24)21-11-8-7-10(19)17(14(11)23)28(26,27)22(5)6/h7-9,20-21,23H,1-6H3/t9-/m0/s1. The number of halogens is 1. The predicted octanol–water partition coefficient (Wildman–Crippen LogP) is 2.48. The van der Waals surface area contributed by atoms with Gasteiger partial charge in [-0.1, -0.05) is 32.4 Å². The van der Waals surface area contributed by atoms with Gasteiger partial charge in [-0.05, 0) is 24.5 Å². The Morgan fingerprint density at radius 1 is 1.11 bits per heavy atom. The fourth-order valence-corrected chi connectivity index (χ4v) is 3.77. The minimum atomic E-state index is -4.03. The first kappa shape index (κ1) is 22.2. The van der Waals surface area contributed by atoms with E-state index in [4.69, 9.17) is 11.6 Å². The molecule has 0 aromatic heterocycles. The molecule has 0 radical (unpaired) electrons. The molecule has 1 atom stereocenters. The van der Waals surface area contributed by atoms with Crippen LogP contribution < -0.4 is 21.5 Å². The van der Waals surface area contributed by atoms with Crippen molar-refractivity contribution in [1.82, 2.24) is 4.31 Å². The highest BCUT2D eigenvalue weighted by molar-refractivity contribution is 7.89. The Kier molecular flexibility index (Phi) is 5.85. The molecule has 8 nitrogen and oxygen atoms in total. The molecular formula is C18H24ClN3O5S. The number of phenols is 1. The maximum atomic E-state index is 12.4. The van der Waals surface area contributed by atoms with Crippen LogP contribution in [0.15, 0.2) is 26.6 Å². The van der Waals surface area contributed by atoms with Crippen LogP contribution in [-0.4, -0.2) is 38.0 Å². The van der Waals surface area contributed by atoms with Crippen LogP contribution >= 0.6 is 11.6 Å². The third-order valence-corrected chi connectivity index (χ3v) is 6.97. The number of hydrogen-bond acceptors (Lipinski definition) is 7. The molecule has 154 valence electrons. The zero-order chi connectivity index (χ0) is 21.6. The second-order valence-electron chi connectivity index (χ2n) is 7.83. The maximum absolute atomic E-state index is 12.4. The van der Waals surface area contributed by atoms with Gasteiger partial charge in [0.2, 0.25) is 10.0 Å². The van der Waals surface area contributed by atoms with Crippen molar-refractivity contribution in [2.75, 3.05) is 24.7 Å². The molecule has 2 rings (SSSR count). The van der Waals surface area contributed by atoms with E-state index in [1.807, 2.05) is 27.7 Å². The average molecular weight is 430 g/mol. The van der Waals surface area contributed by atoms with Crippen LogP contribution in [0.4, 0.5) is 17.1 Å². The molecule has 0 saturated heterocycles. The third-order valence-electron chi connectivity index (χ3n) is 4.65. The van der Waals surface area contributed by atoms with Crippen molar-refractivity contribution >= 4 is 38.7 Å². The molecule has 2 aromatic carbocycles. The van der Waals surface area contributed by atoms with E-state index in [2.05, 4.69) is 10.6 Å². The molecular weight excluding hydrogens is 406 g/mol. The van der Waals surface area contributed by atoms with Crippen molar-refractivity contribution in [3.63, 3.8) is 0 Å². The molecule has 0 amide bonds. The Hall–Kier alpha value is -2.10. The van der Waals surface area contributed by atoms with E-state index >= 15 is 0 Å². The highest BCUT2D eigenvalue weighted by Gasteiger charge is 2.30. The van der Waals surface area contributed by atoms with Crippen LogP contribution in [0.3, 0.4) is 0 Å². The number of nitrogens with one attached hydrogen (secondary N) is 2. The molecule has 0 bridgehead atoms. The van der Waals surface area contributed by atoms with Crippen LogP contribution in [0.5, 0.6) is 5.75 Å². The van der Waals surface area contributed by atoms with Crippen molar-refractivity contribution in [1.29, 1.82) is 0 Å². The Labute approximate surface area is 168 Å². The molecule has 0 fully saturated rings. The van der Waals surface area contributed by atoms with Gasteiger partial charge in [0.15, 0.2) is 5.75 Å². The lowest BCUT2D eigenvalue weighted by molar-refractivity contribution is 0.359. The highest BCUT2D eigenvalue weighted by Crippen LogP contribution is 2.39. The maximum Gasteiger partial charge on any atom is 0.253 e. The lowest BCUT2D eigenvalue weighted by atomic mass is 9.87. The first-order valence-corrected chi connectivity index (χ1v) is 10.3. The molecule has 0 spiro atoms. The molecule has 0 saturated carbocycles. The highest BCUT2D eigenvalue weighted by atomic mass is 35.5. The molecule has 0 aliphatic rings. The van der Waals surface area contributed by atoms with Gasteiger partial charge in [0, 0.05) is 20.1 Å². The second kappa shape index (κ2) is 7.38. The number of phenolic OH excluding ortho intramolecular Hbond substituents is 1. The van der Waals surface area contributed by atoms with E-state index < -0.39 is 31.5 Å². The number of aromatic hydroxyl groups is 1. The number of nitrogens with zero attached hydrogens (tertiary/aromatic N) is 1. The monoisotopic (exact) mass is 429 g/mol. The lowest BCUT2D eigenvalue weighted by Crippen LogP contribution is -2.41. The van der Waals surface area contributed by atoms with E-state index in [0.717, 1.165) is 4.31 Å². The minimum Gasteiger partial charge on any atom is -0.504 e. The topological polar surface area (TPSA) is 116 Å². The fraction of sp³-hybridized carbons (Fsp3) is 0.444. The van der Waals surface area contributed by atoms with E-state index in [-0.39, 0.29) is 33.5 Å². The smallest absolute Gasteiger partial charge is 0.253 e. The van der Waals surface area contributed by atoms with Gasteiger partial charge in [-0.25, -0.2) is 12.7 Å². The predicted molar refractivity (Wildman–Crippen MR) is 111 cm³/mol. The second-order valence-corrected chi connectivity index (χ2v) is 10.3. The first-order valence-electron chi connectivity index (χ1n) is 8.50. The summed E-state index contributed by atoms with van der Waals surface area (Å²) in [6, 6.07) is 2.50. The molecule has 2 aromatic rings. The zero-order valence-corrected chi connectivity index (χ0v) is 18.1. The molecule has 0 aliphatic carbocycles. The molecule has 0 unspecified atom stereocenters. The number of hydrogen-bond donors (Lipinski definition) is 3. The van der Waals surface area contributed by atoms with Crippen LogP contribution in [0.2, 0.25) is 5.02 Å². The summed E-state index contributed by atoms with van der Waals surface area (Å²) in [5.41, 5.74) is -1.59. The zero-order valence-electron chi connectivity index (χ0n) is 16.5. The van der Waals surface area contributed by atoms with Gasteiger partial charge in [0.05, 0.1) is 10.7 Å². The van der Waals surface area contributed by atoms with Crippen LogP contribution in [0.25, 0.3) is 0 Å². The number of rotatable bonds is 6. The summed E-state index contributed by atoms with van der Waals surface area (Å²) in [7, 11) is -1.43. The normalized spacial score (nSPS) is 13.7. The molecule has 0 aliphatic heterocycles. The van der Waals surface area contributed by atoms with Crippen LogP contribution in [-0.2, 0) is 10.0 Å². The summed E-state index contributed by atoms with van der Waals surface area (Å²) in [6.45, 7) is 7.81. The van der Waals surface area contributed by atoms with Gasteiger partial charge < -0.3 is 15.7 Å². The van der Waals surface area contributed by atoms with Gasteiger partial charge in [0.1, 0.15) is 16.3 Å². The summed E-state index contributed by atoms with van der Waals surface area (Å²) in [5.74, 6) is -0.635. The van der Waals surface area contributed by atoms with Crippen LogP contribution in [0.1, 0.15) is 27.7 Å². The number of sulfonamides is 1. The van der Waals surface area contributed by atoms with Gasteiger partial charge in [0.25, 0.3) is 10.9 Å².